The minimum atomic E-state index is -4.55. The molecule has 1 aromatic carbocycles. The van der Waals surface area contributed by atoms with Crippen LogP contribution in [0.15, 0.2) is 22.2 Å². The molecule has 23 heavy (non-hydrogen) atoms. The number of thioether (sulfide) groups is 1. The quantitative estimate of drug-likeness (QED) is 0.349. The average molecular weight is 384 g/mol. The van der Waals surface area contributed by atoms with Gasteiger partial charge in [0.25, 0.3) is 0 Å². The highest BCUT2D eigenvalue weighted by Gasteiger charge is 2.32. The van der Waals surface area contributed by atoms with Gasteiger partial charge in [-0.25, -0.2) is 4.68 Å². The maximum atomic E-state index is 12.8. The van der Waals surface area contributed by atoms with Crippen LogP contribution in [-0.4, -0.2) is 27.5 Å². The zero-order valence-electron chi connectivity index (χ0n) is 11.8. The lowest BCUT2D eigenvalue weighted by Crippen LogP contribution is -2.08. The minimum absolute atomic E-state index is 0.131. The van der Waals surface area contributed by atoms with Crippen LogP contribution in [0.2, 0.25) is 10.0 Å². The summed E-state index contributed by atoms with van der Waals surface area (Å²) in [7, 11) is 0. The number of rotatable bonds is 3. The fourth-order valence-electron chi connectivity index (χ4n) is 2.05. The SMILES string of the molecule is CSc1c(C=NO)nn(-c2c(Cl)cc(C(F)(F)F)cc2Cl)c1C. The summed E-state index contributed by atoms with van der Waals surface area (Å²) in [5.74, 6) is 0. The van der Waals surface area contributed by atoms with Crippen molar-refractivity contribution in [2.45, 2.75) is 18.0 Å². The summed E-state index contributed by atoms with van der Waals surface area (Å²) in [6.45, 7) is 1.71. The molecule has 0 bridgehead atoms. The van der Waals surface area contributed by atoms with E-state index in [4.69, 9.17) is 28.4 Å². The second kappa shape index (κ2) is 6.62. The van der Waals surface area contributed by atoms with Gasteiger partial charge >= 0.3 is 6.18 Å². The monoisotopic (exact) mass is 383 g/mol. The molecule has 2 rings (SSSR count). The van der Waals surface area contributed by atoms with Gasteiger partial charge in [0.2, 0.25) is 0 Å². The molecule has 0 aliphatic carbocycles. The molecule has 0 atom stereocenters. The normalized spacial score (nSPS) is 12.3. The molecule has 4 nitrogen and oxygen atoms in total. The number of alkyl halides is 3. The van der Waals surface area contributed by atoms with Crippen molar-refractivity contribution in [1.82, 2.24) is 9.78 Å². The van der Waals surface area contributed by atoms with E-state index < -0.39 is 11.7 Å². The summed E-state index contributed by atoms with van der Waals surface area (Å²) < 4.78 is 39.7. The summed E-state index contributed by atoms with van der Waals surface area (Å²) in [4.78, 5) is 0.690. The van der Waals surface area contributed by atoms with E-state index in [1.165, 1.54) is 16.4 Å². The van der Waals surface area contributed by atoms with E-state index in [9.17, 15) is 13.2 Å². The highest BCUT2D eigenvalue weighted by atomic mass is 35.5. The lowest BCUT2D eigenvalue weighted by molar-refractivity contribution is -0.137. The Balaban J connectivity index is 2.68. The smallest absolute Gasteiger partial charge is 0.411 e. The van der Waals surface area contributed by atoms with E-state index in [1.54, 1.807) is 13.2 Å². The van der Waals surface area contributed by atoms with Crippen LogP contribution in [-0.2, 0) is 6.18 Å². The van der Waals surface area contributed by atoms with Gasteiger partial charge in [0.1, 0.15) is 11.4 Å². The Labute approximate surface area is 143 Å². The third kappa shape index (κ3) is 3.44. The van der Waals surface area contributed by atoms with Gasteiger partial charge in [-0.2, -0.15) is 18.3 Å². The van der Waals surface area contributed by atoms with Crippen LogP contribution in [0.5, 0.6) is 0 Å². The predicted molar refractivity (Wildman–Crippen MR) is 84.5 cm³/mol. The molecule has 0 aliphatic rings. The van der Waals surface area contributed by atoms with Crippen molar-refractivity contribution in [3.63, 3.8) is 0 Å². The Kier molecular flexibility index (Phi) is 5.17. The van der Waals surface area contributed by atoms with Crippen molar-refractivity contribution in [2.24, 2.45) is 5.16 Å². The molecule has 0 spiro atoms. The third-order valence-corrected chi connectivity index (χ3v) is 4.52. The number of benzene rings is 1. The van der Waals surface area contributed by atoms with Crippen LogP contribution >= 0.6 is 35.0 Å². The molecule has 0 aliphatic heterocycles. The van der Waals surface area contributed by atoms with Crippen LogP contribution in [0.25, 0.3) is 5.69 Å². The number of aromatic nitrogens is 2. The first kappa shape index (κ1) is 18.0. The van der Waals surface area contributed by atoms with Gasteiger partial charge in [-0.3, -0.25) is 0 Å². The van der Waals surface area contributed by atoms with Crippen LogP contribution in [0.3, 0.4) is 0 Å². The van der Waals surface area contributed by atoms with Crippen molar-refractivity contribution < 1.29 is 18.4 Å². The maximum absolute atomic E-state index is 12.8. The van der Waals surface area contributed by atoms with Crippen LogP contribution < -0.4 is 0 Å². The summed E-state index contributed by atoms with van der Waals surface area (Å²) >= 11 is 13.3. The van der Waals surface area contributed by atoms with Crippen molar-refractivity contribution in [2.75, 3.05) is 6.26 Å². The molecule has 124 valence electrons. The molecule has 0 radical (unpaired) electrons. The lowest BCUT2D eigenvalue weighted by atomic mass is 10.2. The van der Waals surface area contributed by atoms with Crippen molar-refractivity contribution in [3.05, 3.63) is 39.1 Å². The van der Waals surface area contributed by atoms with Crippen molar-refractivity contribution >= 4 is 41.2 Å². The topological polar surface area (TPSA) is 50.4 Å². The highest BCUT2D eigenvalue weighted by Crippen LogP contribution is 2.38. The summed E-state index contributed by atoms with van der Waals surface area (Å²) in [5, 5.41) is 15.4. The first-order valence-corrected chi connectivity index (χ1v) is 8.06. The Morgan fingerprint density at radius 1 is 1.30 bits per heavy atom. The molecule has 2 aromatic rings. The molecular formula is C13H10Cl2F3N3OS. The molecular weight excluding hydrogens is 374 g/mol. The van der Waals surface area contributed by atoms with Crippen LogP contribution in [0.4, 0.5) is 13.2 Å². The van der Waals surface area contributed by atoms with E-state index in [-0.39, 0.29) is 15.7 Å². The van der Waals surface area contributed by atoms with E-state index in [0.717, 1.165) is 18.3 Å². The summed E-state index contributed by atoms with van der Waals surface area (Å²) in [6, 6.07) is 1.59. The van der Waals surface area contributed by atoms with E-state index >= 15 is 0 Å². The second-order valence-electron chi connectivity index (χ2n) is 4.45. The fraction of sp³-hybridized carbons (Fsp3) is 0.231. The Morgan fingerprint density at radius 3 is 2.30 bits per heavy atom. The standard InChI is InChI=1S/C13H10Cl2F3N3OS/c1-6-12(23-2)10(5-19-22)20-21(6)11-8(14)3-7(4-9(11)15)13(16,17)18/h3-5,22H,1-2H3. The fourth-order valence-corrected chi connectivity index (χ4v) is 3.38. The van der Waals surface area contributed by atoms with Gasteiger partial charge in [-0.1, -0.05) is 28.4 Å². The summed E-state index contributed by atoms with van der Waals surface area (Å²) in [5.41, 5.74) is 0.149. The first-order valence-electron chi connectivity index (χ1n) is 6.08. The first-order chi connectivity index (χ1) is 10.7. The van der Waals surface area contributed by atoms with E-state index in [0.29, 0.717) is 16.3 Å². The molecule has 0 saturated heterocycles. The zero-order valence-corrected chi connectivity index (χ0v) is 14.1. The molecule has 0 amide bonds. The largest absolute Gasteiger partial charge is 0.416 e. The minimum Gasteiger partial charge on any atom is -0.411 e. The van der Waals surface area contributed by atoms with Crippen molar-refractivity contribution in [1.29, 1.82) is 0 Å². The highest BCUT2D eigenvalue weighted by molar-refractivity contribution is 7.98. The van der Waals surface area contributed by atoms with Gasteiger partial charge in [-0.15, -0.1) is 11.8 Å². The van der Waals surface area contributed by atoms with Crippen LogP contribution in [0, 0.1) is 6.92 Å². The van der Waals surface area contributed by atoms with Gasteiger partial charge < -0.3 is 5.21 Å². The Morgan fingerprint density at radius 2 is 1.87 bits per heavy atom. The molecule has 1 N–H and O–H groups in total. The molecule has 0 fully saturated rings. The number of hydrogen-bond acceptors (Lipinski definition) is 4. The maximum Gasteiger partial charge on any atom is 0.416 e. The number of oxime groups is 1. The summed E-state index contributed by atoms with van der Waals surface area (Å²) in [6.07, 6.45) is -1.63. The zero-order chi connectivity index (χ0) is 17.4. The van der Waals surface area contributed by atoms with E-state index in [2.05, 4.69) is 10.3 Å². The van der Waals surface area contributed by atoms with Gasteiger partial charge in [0.15, 0.2) is 0 Å². The van der Waals surface area contributed by atoms with Crippen molar-refractivity contribution in [3.8, 4) is 5.69 Å². The number of halogens is 5. The van der Waals surface area contributed by atoms with Gasteiger partial charge in [0, 0.05) is 0 Å². The van der Waals surface area contributed by atoms with Crippen LogP contribution in [0.1, 0.15) is 17.0 Å². The molecule has 0 saturated carbocycles. The predicted octanol–water partition coefficient (Wildman–Crippen LogP) is 5.04. The Bertz CT molecular complexity index is 752. The van der Waals surface area contributed by atoms with Gasteiger partial charge in [-0.05, 0) is 25.3 Å². The van der Waals surface area contributed by atoms with Gasteiger partial charge in [0.05, 0.1) is 32.4 Å². The lowest BCUT2D eigenvalue weighted by Gasteiger charge is -2.13. The number of hydrogen-bond donors (Lipinski definition) is 1. The molecule has 10 heteroatoms. The Hall–Kier alpha value is -1.38. The number of nitrogens with zero attached hydrogens (tertiary/aromatic N) is 3. The van der Waals surface area contributed by atoms with E-state index in [1.807, 2.05) is 0 Å². The third-order valence-electron chi connectivity index (χ3n) is 3.03. The molecule has 1 heterocycles. The molecule has 1 aromatic heterocycles. The second-order valence-corrected chi connectivity index (χ2v) is 6.08. The molecule has 0 unspecified atom stereocenters. The average Bonchev–Trinajstić information content (AvgIpc) is 2.74.